The van der Waals surface area contributed by atoms with Crippen LogP contribution in [0.2, 0.25) is 0 Å². The van der Waals surface area contributed by atoms with Crippen LogP contribution >= 0.6 is 11.8 Å². The summed E-state index contributed by atoms with van der Waals surface area (Å²) < 4.78 is 0. The van der Waals surface area contributed by atoms with E-state index in [1.807, 2.05) is 6.26 Å². The van der Waals surface area contributed by atoms with Gasteiger partial charge in [0.25, 0.3) is 0 Å². The van der Waals surface area contributed by atoms with Gasteiger partial charge in [-0.15, -0.1) is 0 Å². The van der Waals surface area contributed by atoms with E-state index < -0.39 is 0 Å². The molecule has 0 aromatic heterocycles. The molecule has 68 valence electrons. The number of aliphatic hydroxyl groups excluding tert-OH is 2. The fraction of sp³-hybridized carbons (Fsp3) is 1.00. The minimum Gasteiger partial charge on any atom is -0.396 e. The summed E-state index contributed by atoms with van der Waals surface area (Å²) in [7, 11) is 0. The molecule has 0 saturated heterocycles. The summed E-state index contributed by atoms with van der Waals surface area (Å²) in [6.45, 7) is 4.24. The normalized spacial score (nSPS) is 16.9. The number of rotatable bonds is 5. The molecule has 2 nitrogen and oxygen atoms in total. The SMILES string of the molecule is CS[C@H](C(C)C)[C@@H](O)CCO. The summed E-state index contributed by atoms with van der Waals surface area (Å²) in [6, 6.07) is 0. The van der Waals surface area contributed by atoms with Crippen LogP contribution in [0.15, 0.2) is 0 Å². The molecule has 0 spiro atoms. The van der Waals surface area contributed by atoms with Crippen molar-refractivity contribution in [3.63, 3.8) is 0 Å². The van der Waals surface area contributed by atoms with Crippen LogP contribution in [0.25, 0.3) is 0 Å². The minimum absolute atomic E-state index is 0.0744. The van der Waals surface area contributed by atoms with Crippen molar-refractivity contribution in [2.24, 2.45) is 5.92 Å². The van der Waals surface area contributed by atoms with Gasteiger partial charge in [0.2, 0.25) is 0 Å². The minimum atomic E-state index is -0.366. The molecule has 3 heteroatoms. The van der Waals surface area contributed by atoms with Crippen molar-refractivity contribution in [3.8, 4) is 0 Å². The molecule has 0 aliphatic rings. The Kier molecular flexibility index (Phi) is 6.01. The Labute approximate surface area is 73.0 Å². The van der Waals surface area contributed by atoms with Gasteiger partial charge in [-0.2, -0.15) is 11.8 Å². The van der Waals surface area contributed by atoms with Crippen LogP contribution in [-0.2, 0) is 0 Å². The lowest BCUT2D eigenvalue weighted by Crippen LogP contribution is -2.28. The Morgan fingerprint density at radius 3 is 2.18 bits per heavy atom. The smallest absolute Gasteiger partial charge is 0.0683 e. The first-order chi connectivity index (χ1) is 5.13. The van der Waals surface area contributed by atoms with E-state index in [1.165, 1.54) is 0 Å². The molecule has 0 heterocycles. The Bertz CT molecular complexity index is 96.1. The third-order valence-corrected chi connectivity index (χ3v) is 3.14. The number of thioether (sulfide) groups is 1. The predicted molar refractivity (Wildman–Crippen MR) is 49.9 cm³/mol. The maximum Gasteiger partial charge on any atom is 0.0683 e. The molecule has 0 aliphatic carbocycles. The second kappa shape index (κ2) is 5.86. The van der Waals surface area contributed by atoms with Crippen LogP contribution in [0.3, 0.4) is 0 Å². The average molecular weight is 178 g/mol. The molecule has 0 bridgehead atoms. The van der Waals surface area contributed by atoms with Gasteiger partial charge in [0.05, 0.1) is 6.10 Å². The zero-order chi connectivity index (χ0) is 8.85. The molecule has 0 aromatic rings. The van der Waals surface area contributed by atoms with Crippen LogP contribution in [0.4, 0.5) is 0 Å². The first-order valence-electron chi connectivity index (χ1n) is 3.95. The lowest BCUT2D eigenvalue weighted by Gasteiger charge is -2.23. The Morgan fingerprint density at radius 2 is 1.91 bits per heavy atom. The number of aliphatic hydroxyl groups is 2. The quantitative estimate of drug-likeness (QED) is 0.662. The van der Waals surface area contributed by atoms with E-state index in [0.29, 0.717) is 12.3 Å². The number of hydrogen-bond acceptors (Lipinski definition) is 3. The topological polar surface area (TPSA) is 40.5 Å². The monoisotopic (exact) mass is 178 g/mol. The Hall–Kier alpha value is 0.270. The summed E-state index contributed by atoms with van der Waals surface area (Å²) in [5.74, 6) is 0.464. The molecular weight excluding hydrogens is 160 g/mol. The van der Waals surface area contributed by atoms with E-state index in [0.717, 1.165) is 0 Å². The van der Waals surface area contributed by atoms with E-state index in [1.54, 1.807) is 11.8 Å². The third kappa shape index (κ3) is 3.99. The van der Waals surface area contributed by atoms with Crippen LogP contribution in [0, 0.1) is 5.92 Å². The van der Waals surface area contributed by atoms with Gasteiger partial charge in [-0.3, -0.25) is 0 Å². The second-order valence-electron chi connectivity index (χ2n) is 3.02. The number of hydrogen-bond donors (Lipinski definition) is 2. The molecule has 0 unspecified atom stereocenters. The van der Waals surface area contributed by atoms with Gasteiger partial charge < -0.3 is 10.2 Å². The van der Waals surface area contributed by atoms with Crippen molar-refractivity contribution < 1.29 is 10.2 Å². The highest BCUT2D eigenvalue weighted by Crippen LogP contribution is 2.21. The van der Waals surface area contributed by atoms with Gasteiger partial charge in [0, 0.05) is 11.9 Å². The summed E-state index contributed by atoms with van der Waals surface area (Å²) >= 11 is 1.66. The highest BCUT2D eigenvalue weighted by atomic mass is 32.2. The summed E-state index contributed by atoms with van der Waals surface area (Å²) in [5, 5.41) is 18.3. The summed E-state index contributed by atoms with van der Waals surface area (Å²) in [4.78, 5) is 0. The lowest BCUT2D eigenvalue weighted by molar-refractivity contribution is 0.119. The van der Waals surface area contributed by atoms with Crippen molar-refractivity contribution in [1.82, 2.24) is 0 Å². The third-order valence-electron chi connectivity index (χ3n) is 1.73. The highest BCUT2D eigenvalue weighted by molar-refractivity contribution is 7.99. The van der Waals surface area contributed by atoms with Crippen LogP contribution in [0.5, 0.6) is 0 Å². The second-order valence-corrected chi connectivity index (χ2v) is 4.04. The van der Waals surface area contributed by atoms with Gasteiger partial charge in [-0.25, -0.2) is 0 Å². The van der Waals surface area contributed by atoms with Crippen molar-refractivity contribution in [2.75, 3.05) is 12.9 Å². The van der Waals surface area contributed by atoms with Crippen LogP contribution in [-0.4, -0.2) is 34.4 Å². The standard InChI is InChI=1S/C8H18O2S/c1-6(2)8(11-3)7(10)4-5-9/h6-10H,4-5H2,1-3H3/t7-,8+/m0/s1. The van der Waals surface area contributed by atoms with Crippen LogP contribution in [0.1, 0.15) is 20.3 Å². The molecule has 0 aliphatic heterocycles. The van der Waals surface area contributed by atoms with E-state index in [2.05, 4.69) is 13.8 Å². The molecule has 0 fully saturated rings. The van der Waals surface area contributed by atoms with Crippen molar-refractivity contribution >= 4 is 11.8 Å². The lowest BCUT2D eigenvalue weighted by atomic mass is 10.0. The first-order valence-corrected chi connectivity index (χ1v) is 5.24. The molecule has 11 heavy (non-hydrogen) atoms. The maximum atomic E-state index is 9.50. The zero-order valence-corrected chi connectivity index (χ0v) is 8.27. The predicted octanol–water partition coefficient (Wildman–Crippen LogP) is 1.12. The Balaban J connectivity index is 3.81. The van der Waals surface area contributed by atoms with E-state index in [4.69, 9.17) is 5.11 Å². The van der Waals surface area contributed by atoms with Crippen molar-refractivity contribution in [2.45, 2.75) is 31.6 Å². The average Bonchev–Trinajstić information content (AvgIpc) is 1.88. The van der Waals surface area contributed by atoms with Gasteiger partial charge in [-0.1, -0.05) is 13.8 Å². The van der Waals surface area contributed by atoms with Gasteiger partial charge in [-0.05, 0) is 18.6 Å². The summed E-state index contributed by atoms with van der Waals surface area (Å²) in [5.41, 5.74) is 0. The molecular formula is C8H18O2S. The van der Waals surface area contributed by atoms with E-state index >= 15 is 0 Å². The molecule has 0 rings (SSSR count). The largest absolute Gasteiger partial charge is 0.396 e. The van der Waals surface area contributed by atoms with Crippen LogP contribution < -0.4 is 0 Å². The van der Waals surface area contributed by atoms with Crippen molar-refractivity contribution in [1.29, 1.82) is 0 Å². The van der Waals surface area contributed by atoms with Gasteiger partial charge in [0.15, 0.2) is 0 Å². The highest BCUT2D eigenvalue weighted by Gasteiger charge is 2.20. The molecule has 2 N–H and O–H groups in total. The summed E-state index contributed by atoms with van der Waals surface area (Å²) in [6.07, 6.45) is 2.12. The maximum absolute atomic E-state index is 9.50. The molecule has 2 atom stereocenters. The Morgan fingerprint density at radius 1 is 1.36 bits per heavy atom. The molecule has 0 saturated carbocycles. The first kappa shape index (κ1) is 11.3. The van der Waals surface area contributed by atoms with Gasteiger partial charge in [0.1, 0.15) is 0 Å². The van der Waals surface area contributed by atoms with E-state index in [-0.39, 0.29) is 18.0 Å². The van der Waals surface area contributed by atoms with E-state index in [9.17, 15) is 5.11 Å². The fourth-order valence-electron chi connectivity index (χ4n) is 1.17. The zero-order valence-electron chi connectivity index (χ0n) is 7.45. The molecule has 0 amide bonds. The van der Waals surface area contributed by atoms with Gasteiger partial charge >= 0.3 is 0 Å². The molecule has 0 aromatic carbocycles. The molecule has 0 radical (unpaired) electrons. The fourth-order valence-corrected chi connectivity index (χ4v) is 2.16. The van der Waals surface area contributed by atoms with Crippen molar-refractivity contribution in [3.05, 3.63) is 0 Å².